The van der Waals surface area contributed by atoms with E-state index in [1.165, 1.54) is 0 Å². The number of carbonyl (C=O) groups excluding carboxylic acids is 2. The Hall–Kier alpha value is -2.82. The molecule has 0 unspecified atom stereocenters. The molecule has 2 aromatic rings. The van der Waals surface area contributed by atoms with Gasteiger partial charge in [-0.1, -0.05) is 50.3 Å². The van der Waals surface area contributed by atoms with Gasteiger partial charge in [0.25, 0.3) is 0 Å². The third-order valence-electron chi connectivity index (χ3n) is 4.57. The largest absolute Gasteiger partial charge is 0.353 e. The smallest absolute Gasteiger partial charge is 0.242 e. The van der Waals surface area contributed by atoms with Crippen molar-refractivity contribution in [2.24, 2.45) is 13.0 Å². The molecule has 150 valence electrons. The van der Waals surface area contributed by atoms with Crippen LogP contribution in [0.5, 0.6) is 0 Å². The zero-order chi connectivity index (χ0) is 20.5. The number of benzene rings is 1. The molecule has 0 aliphatic rings. The van der Waals surface area contributed by atoms with E-state index < -0.39 is 0 Å². The van der Waals surface area contributed by atoms with Gasteiger partial charge in [-0.15, -0.1) is 6.58 Å². The highest BCUT2D eigenvalue weighted by molar-refractivity contribution is 5.86. The quantitative estimate of drug-likeness (QED) is 0.593. The molecular weight excluding hydrogens is 350 g/mol. The fourth-order valence-electron chi connectivity index (χ4n) is 3.11. The van der Waals surface area contributed by atoms with Crippen LogP contribution in [-0.4, -0.2) is 45.8 Å². The fraction of sp³-hybridized carbons (Fsp3) is 0.391. The van der Waals surface area contributed by atoms with Gasteiger partial charge in [-0.2, -0.15) is 0 Å². The van der Waals surface area contributed by atoms with Crippen LogP contribution in [0.15, 0.2) is 61.3 Å². The van der Waals surface area contributed by atoms with E-state index in [1.54, 1.807) is 11.0 Å². The summed E-state index contributed by atoms with van der Waals surface area (Å²) in [6.45, 7) is 9.53. The molecule has 0 saturated heterocycles. The topological polar surface area (TPSA) is 45.6 Å². The number of rotatable bonds is 10. The lowest BCUT2D eigenvalue weighted by Crippen LogP contribution is -2.44. The lowest BCUT2D eigenvalue weighted by atomic mass is 10.1. The number of nitrogens with zero attached hydrogens (tertiary/aromatic N) is 3. The summed E-state index contributed by atoms with van der Waals surface area (Å²) in [5.74, 6) is 0.234. The number of hydrogen-bond donors (Lipinski definition) is 0. The lowest BCUT2D eigenvalue weighted by molar-refractivity contribution is -0.140. The molecule has 0 atom stereocenters. The maximum atomic E-state index is 13.0. The van der Waals surface area contributed by atoms with E-state index in [0.29, 0.717) is 25.6 Å². The number of hydrogen-bond acceptors (Lipinski definition) is 2. The third kappa shape index (κ3) is 6.41. The maximum absolute atomic E-state index is 13.0. The zero-order valence-corrected chi connectivity index (χ0v) is 17.2. The molecule has 0 bridgehead atoms. The molecule has 5 heteroatoms. The van der Waals surface area contributed by atoms with Gasteiger partial charge < -0.3 is 14.4 Å². The highest BCUT2D eigenvalue weighted by Crippen LogP contribution is 2.10. The van der Waals surface area contributed by atoms with E-state index in [2.05, 4.69) is 20.4 Å². The Morgan fingerprint density at radius 3 is 2.36 bits per heavy atom. The number of carbonyl (C=O) groups is 2. The van der Waals surface area contributed by atoms with Gasteiger partial charge in [-0.05, 0) is 23.6 Å². The summed E-state index contributed by atoms with van der Waals surface area (Å²) in [6, 6.07) is 13.6. The fourth-order valence-corrected chi connectivity index (χ4v) is 3.11. The molecule has 5 nitrogen and oxygen atoms in total. The Balaban J connectivity index is 2.08. The highest BCUT2D eigenvalue weighted by atomic mass is 16.2. The first-order chi connectivity index (χ1) is 13.4. The first kappa shape index (κ1) is 21.5. The lowest BCUT2D eigenvalue weighted by Gasteiger charge is -2.28. The molecule has 1 heterocycles. The summed E-state index contributed by atoms with van der Waals surface area (Å²) >= 11 is 0. The van der Waals surface area contributed by atoms with E-state index in [0.717, 1.165) is 11.3 Å². The van der Waals surface area contributed by atoms with E-state index in [4.69, 9.17) is 0 Å². The first-order valence-electron chi connectivity index (χ1n) is 9.71. The van der Waals surface area contributed by atoms with Crippen molar-refractivity contribution in [3.05, 3.63) is 72.6 Å². The molecule has 0 radical (unpaired) electrons. The zero-order valence-electron chi connectivity index (χ0n) is 17.2. The van der Waals surface area contributed by atoms with Crippen molar-refractivity contribution >= 4 is 11.8 Å². The van der Waals surface area contributed by atoms with Crippen LogP contribution in [-0.2, 0) is 29.6 Å². The predicted molar refractivity (Wildman–Crippen MR) is 113 cm³/mol. The van der Waals surface area contributed by atoms with E-state index in [1.807, 2.05) is 65.2 Å². The Morgan fingerprint density at radius 2 is 1.79 bits per heavy atom. The van der Waals surface area contributed by atoms with E-state index in [-0.39, 0.29) is 24.8 Å². The standard InChI is InChI=1S/C23H31N3O2/c1-5-13-25(22(27)15-20-10-7-6-8-11-20)18-23(28)26(16-19(2)3)17-21-12-9-14-24(21)4/h5-12,14,19H,1,13,15-18H2,2-4H3. The number of aromatic nitrogens is 1. The monoisotopic (exact) mass is 381 g/mol. The molecule has 1 aromatic carbocycles. The van der Waals surface area contributed by atoms with Gasteiger partial charge >= 0.3 is 0 Å². The molecule has 0 aliphatic carbocycles. The summed E-state index contributed by atoms with van der Waals surface area (Å²) < 4.78 is 2.02. The van der Waals surface area contributed by atoms with Crippen molar-refractivity contribution in [3.8, 4) is 0 Å². The molecule has 0 fully saturated rings. The van der Waals surface area contributed by atoms with Gasteiger partial charge in [0.1, 0.15) is 6.54 Å². The Bertz CT molecular complexity index is 780. The van der Waals surface area contributed by atoms with Crippen LogP contribution < -0.4 is 0 Å². The average Bonchev–Trinajstić information content (AvgIpc) is 3.06. The summed E-state index contributed by atoms with van der Waals surface area (Å²) in [6.07, 6.45) is 3.92. The highest BCUT2D eigenvalue weighted by Gasteiger charge is 2.22. The van der Waals surface area contributed by atoms with Crippen LogP contribution in [0.2, 0.25) is 0 Å². The van der Waals surface area contributed by atoms with Crippen LogP contribution in [0.25, 0.3) is 0 Å². The predicted octanol–water partition coefficient (Wildman–Crippen LogP) is 3.27. The van der Waals surface area contributed by atoms with Crippen LogP contribution in [0.3, 0.4) is 0 Å². The summed E-state index contributed by atoms with van der Waals surface area (Å²) in [5, 5.41) is 0. The normalized spacial score (nSPS) is 10.7. The number of aryl methyl sites for hydroxylation is 1. The summed E-state index contributed by atoms with van der Waals surface area (Å²) in [4.78, 5) is 29.2. The van der Waals surface area contributed by atoms with Crippen LogP contribution in [0.4, 0.5) is 0 Å². The minimum atomic E-state index is -0.0668. The van der Waals surface area contributed by atoms with Crippen molar-refractivity contribution in [2.75, 3.05) is 19.6 Å². The molecule has 0 aliphatic heterocycles. The number of amides is 2. The molecule has 1 aromatic heterocycles. The SMILES string of the molecule is C=CCN(CC(=O)N(Cc1cccn1C)CC(C)C)C(=O)Cc1ccccc1. The van der Waals surface area contributed by atoms with Crippen molar-refractivity contribution in [2.45, 2.75) is 26.8 Å². The molecule has 2 amide bonds. The minimum absolute atomic E-state index is 0.0434. The average molecular weight is 382 g/mol. The molecule has 28 heavy (non-hydrogen) atoms. The van der Waals surface area contributed by atoms with Gasteiger partial charge in [0.05, 0.1) is 13.0 Å². The first-order valence-corrected chi connectivity index (χ1v) is 9.71. The summed E-state index contributed by atoms with van der Waals surface area (Å²) in [7, 11) is 1.97. The van der Waals surface area contributed by atoms with E-state index >= 15 is 0 Å². The molecule has 0 spiro atoms. The van der Waals surface area contributed by atoms with Crippen molar-refractivity contribution < 1.29 is 9.59 Å². The second-order valence-corrected chi connectivity index (χ2v) is 7.50. The maximum Gasteiger partial charge on any atom is 0.242 e. The van der Waals surface area contributed by atoms with Crippen molar-refractivity contribution in [1.82, 2.24) is 14.4 Å². The van der Waals surface area contributed by atoms with Gasteiger partial charge in [-0.25, -0.2) is 0 Å². The minimum Gasteiger partial charge on any atom is -0.353 e. The van der Waals surface area contributed by atoms with Crippen LogP contribution in [0, 0.1) is 5.92 Å². The second kappa shape index (κ2) is 10.5. The van der Waals surface area contributed by atoms with Crippen molar-refractivity contribution in [3.63, 3.8) is 0 Å². The Labute approximate surface area is 168 Å². The molecule has 0 N–H and O–H groups in total. The Kier molecular flexibility index (Phi) is 8.05. The summed E-state index contributed by atoms with van der Waals surface area (Å²) in [5.41, 5.74) is 2.01. The molecule has 2 rings (SSSR count). The van der Waals surface area contributed by atoms with Gasteiger partial charge in [0.15, 0.2) is 0 Å². The van der Waals surface area contributed by atoms with Crippen molar-refractivity contribution in [1.29, 1.82) is 0 Å². The van der Waals surface area contributed by atoms with Gasteiger partial charge in [-0.3, -0.25) is 9.59 Å². The van der Waals surface area contributed by atoms with Crippen LogP contribution >= 0.6 is 0 Å². The van der Waals surface area contributed by atoms with Crippen LogP contribution in [0.1, 0.15) is 25.1 Å². The van der Waals surface area contributed by atoms with Gasteiger partial charge in [0.2, 0.25) is 11.8 Å². The van der Waals surface area contributed by atoms with Gasteiger partial charge in [0, 0.05) is 32.0 Å². The molecule has 0 saturated carbocycles. The second-order valence-electron chi connectivity index (χ2n) is 7.50. The third-order valence-corrected chi connectivity index (χ3v) is 4.57. The van der Waals surface area contributed by atoms with E-state index in [9.17, 15) is 9.59 Å². The molecular formula is C23H31N3O2. The Morgan fingerprint density at radius 1 is 1.07 bits per heavy atom.